The summed E-state index contributed by atoms with van der Waals surface area (Å²) in [6.45, 7) is 0. The van der Waals surface area contributed by atoms with Crippen molar-refractivity contribution in [3.8, 4) is 12.3 Å². The average Bonchev–Trinajstić information content (AvgIpc) is 1.90. The summed E-state index contributed by atoms with van der Waals surface area (Å²) in [4.78, 5) is 3.86. The van der Waals surface area contributed by atoms with Crippen molar-refractivity contribution in [1.29, 1.82) is 0 Å². The number of rotatable bonds is 0. The maximum atomic E-state index is 5.04. The van der Waals surface area contributed by atoms with Gasteiger partial charge in [0.2, 0.25) is 0 Å². The third-order valence-corrected chi connectivity index (χ3v) is 0.813. The minimum atomic E-state index is 0. The van der Waals surface area contributed by atoms with Crippen LogP contribution in [0.1, 0.15) is 5.69 Å². The molecule has 0 unspecified atom stereocenters. The van der Waals surface area contributed by atoms with E-state index >= 15 is 0 Å². The van der Waals surface area contributed by atoms with Crippen LogP contribution in [0.2, 0.25) is 0 Å². The van der Waals surface area contributed by atoms with Gasteiger partial charge in [-0.3, -0.25) is 0 Å². The van der Waals surface area contributed by atoms with Gasteiger partial charge in [-0.15, -0.1) is 6.42 Å². The molecule has 40 valence electrons. The standard InChI is InChI=1S/C7H5N.Li.H/c1-2-7-5-3-4-6-8-7;;/h1,3-6H;;. The first-order valence-electron chi connectivity index (χ1n) is 2.31. The fourth-order valence-electron chi connectivity index (χ4n) is 0.448. The van der Waals surface area contributed by atoms with Crippen molar-refractivity contribution in [1.82, 2.24) is 4.98 Å². The average molecular weight is 111 g/mol. The minimum absolute atomic E-state index is 0. The van der Waals surface area contributed by atoms with Gasteiger partial charge in [0.05, 0.1) is 0 Å². The van der Waals surface area contributed by atoms with Gasteiger partial charge in [-0.2, -0.15) is 0 Å². The number of pyridine rings is 1. The van der Waals surface area contributed by atoms with Crippen LogP contribution in [0.25, 0.3) is 0 Å². The van der Waals surface area contributed by atoms with E-state index in [-0.39, 0.29) is 18.9 Å². The zero-order valence-electron chi connectivity index (χ0n) is 4.33. The molecule has 0 spiro atoms. The van der Waals surface area contributed by atoms with E-state index in [9.17, 15) is 0 Å². The second kappa shape index (κ2) is 4.21. The third-order valence-electron chi connectivity index (χ3n) is 0.813. The quantitative estimate of drug-likeness (QED) is 0.349. The molecule has 0 aliphatic rings. The van der Waals surface area contributed by atoms with Crippen LogP contribution in [0.15, 0.2) is 24.4 Å². The molecule has 0 N–H and O–H groups in total. The van der Waals surface area contributed by atoms with Crippen LogP contribution < -0.4 is 0 Å². The summed E-state index contributed by atoms with van der Waals surface area (Å²) in [5, 5.41) is 0. The van der Waals surface area contributed by atoms with Crippen LogP contribution in [0.5, 0.6) is 0 Å². The van der Waals surface area contributed by atoms with E-state index in [0.717, 1.165) is 0 Å². The topological polar surface area (TPSA) is 12.9 Å². The number of hydrogen-bond donors (Lipinski definition) is 0. The van der Waals surface area contributed by atoms with Crippen molar-refractivity contribution in [2.45, 2.75) is 0 Å². The molecule has 0 aliphatic heterocycles. The maximum absolute atomic E-state index is 5.04. The predicted molar refractivity (Wildman–Crippen MR) is 39.3 cm³/mol. The summed E-state index contributed by atoms with van der Waals surface area (Å²) in [6, 6.07) is 5.49. The summed E-state index contributed by atoms with van der Waals surface area (Å²) in [7, 11) is 0. The summed E-state index contributed by atoms with van der Waals surface area (Å²) >= 11 is 0. The zero-order valence-corrected chi connectivity index (χ0v) is 4.33. The van der Waals surface area contributed by atoms with E-state index in [1.165, 1.54) is 0 Å². The Hall–Kier alpha value is -0.693. The second-order valence-corrected chi connectivity index (χ2v) is 1.36. The van der Waals surface area contributed by atoms with Crippen molar-refractivity contribution >= 4 is 18.9 Å². The van der Waals surface area contributed by atoms with Crippen molar-refractivity contribution in [2.75, 3.05) is 0 Å². The van der Waals surface area contributed by atoms with Gasteiger partial charge < -0.3 is 0 Å². The van der Waals surface area contributed by atoms with Gasteiger partial charge in [0.1, 0.15) is 5.69 Å². The Bertz CT molecular complexity index is 200. The fraction of sp³-hybridized carbons (Fsp3) is 0. The molecule has 0 fully saturated rings. The van der Waals surface area contributed by atoms with Crippen molar-refractivity contribution in [2.24, 2.45) is 0 Å². The first-order valence-corrected chi connectivity index (χ1v) is 2.31. The normalized spacial score (nSPS) is 7.00. The van der Waals surface area contributed by atoms with Crippen molar-refractivity contribution < 1.29 is 0 Å². The Morgan fingerprint density at radius 2 is 2.22 bits per heavy atom. The number of aromatic nitrogens is 1. The molecule has 1 nitrogen and oxygen atoms in total. The van der Waals surface area contributed by atoms with E-state index in [1.807, 2.05) is 12.1 Å². The molecule has 0 aromatic carbocycles. The Morgan fingerprint density at radius 1 is 1.44 bits per heavy atom. The molecule has 2 heteroatoms. The van der Waals surface area contributed by atoms with Gasteiger partial charge in [-0.05, 0) is 12.1 Å². The van der Waals surface area contributed by atoms with E-state index in [2.05, 4.69) is 10.9 Å². The third kappa shape index (κ3) is 2.38. The molecule has 0 radical (unpaired) electrons. The number of terminal acetylenes is 1. The van der Waals surface area contributed by atoms with E-state index in [0.29, 0.717) is 5.69 Å². The molecule has 0 atom stereocenters. The Kier molecular flexibility index (Phi) is 3.89. The molecule has 0 amide bonds. The van der Waals surface area contributed by atoms with Gasteiger partial charge in [0.15, 0.2) is 0 Å². The van der Waals surface area contributed by atoms with Crippen LogP contribution in [0.4, 0.5) is 0 Å². The molecule has 1 aromatic heterocycles. The second-order valence-electron chi connectivity index (χ2n) is 1.36. The first-order chi connectivity index (χ1) is 3.93. The SMILES string of the molecule is C#Cc1ccccn1.[LiH]. The monoisotopic (exact) mass is 111 g/mol. The molecule has 0 aliphatic carbocycles. The summed E-state index contributed by atoms with van der Waals surface area (Å²) < 4.78 is 0. The fourth-order valence-corrected chi connectivity index (χ4v) is 0.448. The molecule has 0 saturated heterocycles. The number of hydrogen-bond acceptors (Lipinski definition) is 1. The van der Waals surface area contributed by atoms with Gasteiger partial charge in [-0.1, -0.05) is 12.0 Å². The van der Waals surface area contributed by atoms with Crippen molar-refractivity contribution in [3.05, 3.63) is 30.1 Å². The first kappa shape index (κ1) is 8.31. The van der Waals surface area contributed by atoms with Gasteiger partial charge in [-0.25, -0.2) is 4.98 Å². The summed E-state index contributed by atoms with van der Waals surface area (Å²) in [6.07, 6.45) is 6.71. The Balaban J connectivity index is 0.000000640. The molecule has 1 rings (SSSR count). The van der Waals surface area contributed by atoms with Gasteiger partial charge in [0.25, 0.3) is 0 Å². The Morgan fingerprint density at radius 3 is 2.56 bits per heavy atom. The molecular weight excluding hydrogens is 105 g/mol. The van der Waals surface area contributed by atoms with Crippen LogP contribution in [0, 0.1) is 12.3 Å². The molecular formula is C7H6LiN. The molecule has 9 heavy (non-hydrogen) atoms. The van der Waals surface area contributed by atoms with Crippen LogP contribution in [-0.4, -0.2) is 23.8 Å². The summed E-state index contributed by atoms with van der Waals surface area (Å²) in [5.74, 6) is 2.42. The summed E-state index contributed by atoms with van der Waals surface area (Å²) in [5.41, 5.74) is 0.688. The Labute approximate surface area is 66.7 Å². The zero-order chi connectivity index (χ0) is 5.82. The van der Waals surface area contributed by atoms with E-state index in [1.54, 1.807) is 12.3 Å². The molecule has 1 aromatic rings. The molecule has 1 heterocycles. The predicted octanol–water partition coefficient (Wildman–Crippen LogP) is 0.414. The van der Waals surface area contributed by atoms with Crippen LogP contribution in [0.3, 0.4) is 0 Å². The van der Waals surface area contributed by atoms with E-state index in [4.69, 9.17) is 6.42 Å². The number of nitrogens with zero attached hydrogens (tertiary/aromatic N) is 1. The molecule has 0 bridgehead atoms. The van der Waals surface area contributed by atoms with Crippen LogP contribution in [-0.2, 0) is 0 Å². The van der Waals surface area contributed by atoms with Gasteiger partial charge >= 0.3 is 18.9 Å². The van der Waals surface area contributed by atoms with Gasteiger partial charge in [0, 0.05) is 6.20 Å². The van der Waals surface area contributed by atoms with E-state index < -0.39 is 0 Å². The van der Waals surface area contributed by atoms with Crippen LogP contribution >= 0.6 is 0 Å². The molecule has 0 saturated carbocycles. The van der Waals surface area contributed by atoms with Crippen molar-refractivity contribution in [3.63, 3.8) is 0 Å².